The van der Waals surface area contributed by atoms with Crippen LogP contribution in [0.1, 0.15) is 57.8 Å². The topological polar surface area (TPSA) is 108 Å². The van der Waals surface area contributed by atoms with Crippen LogP contribution in [-0.4, -0.2) is 65.3 Å². The molecule has 2 heterocycles. The molecule has 1 atom stereocenters. The maximum Gasteiger partial charge on any atom is 0.334 e. The highest BCUT2D eigenvalue weighted by Gasteiger charge is 2.32. The Labute approximate surface area is 171 Å². The van der Waals surface area contributed by atoms with Crippen molar-refractivity contribution in [1.82, 2.24) is 20.6 Å². The van der Waals surface area contributed by atoms with Gasteiger partial charge in [-0.2, -0.15) is 0 Å². The lowest BCUT2D eigenvalue weighted by atomic mass is 10.2. The number of carbonyl (C=O) groups is 4. The van der Waals surface area contributed by atoms with Gasteiger partial charge in [-0.15, -0.1) is 5.06 Å². The van der Waals surface area contributed by atoms with E-state index in [4.69, 9.17) is 10.3 Å². The lowest BCUT2D eigenvalue weighted by Gasteiger charge is -2.27. The molecule has 2 fully saturated rings. The minimum absolute atomic E-state index is 0.0359. The Hall–Kier alpha value is -2.42. The molecule has 28 heavy (non-hydrogen) atoms. The Bertz CT molecular complexity index is 785. The minimum atomic E-state index is -2.28. The number of amides is 3. The molecule has 2 aliphatic rings. The van der Waals surface area contributed by atoms with Crippen LogP contribution in [0, 0.1) is 0 Å². The average molecular weight is 398 g/mol. The quantitative estimate of drug-likeness (QED) is 0.584. The van der Waals surface area contributed by atoms with Crippen LogP contribution in [0.3, 0.4) is 0 Å². The molecular weight excluding hydrogens is 364 g/mol. The standard InChI is InChI=1S/C19H30N4O5/c1-13(2)22-12-4-5-15(22)19(27)21-10-8-16(24)20-11-9-18(26)28-23-14(3)6-7-17(23)25/h13,15H,3-12H2,1-2H3,(H,20,24)(H,21,27)/i5D2,13D,15D. The summed E-state index contributed by atoms with van der Waals surface area (Å²) in [6.07, 6.45) is -1.87. The molecule has 0 spiro atoms. The van der Waals surface area contributed by atoms with Gasteiger partial charge in [-0.1, -0.05) is 6.58 Å². The zero-order valence-corrected chi connectivity index (χ0v) is 16.3. The number of hydrogen-bond acceptors (Lipinski definition) is 6. The van der Waals surface area contributed by atoms with Crippen LogP contribution in [-0.2, 0) is 24.0 Å². The number of rotatable bonds is 9. The van der Waals surface area contributed by atoms with Crippen LogP contribution in [0.2, 0.25) is 0 Å². The molecule has 2 saturated heterocycles. The predicted molar refractivity (Wildman–Crippen MR) is 101 cm³/mol. The van der Waals surface area contributed by atoms with Gasteiger partial charge in [0, 0.05) is 36.1 Å². The third kappa shape index (κ3) is 6.05. The summed E-state index contributed by atoms with van der Waals surface area (Å²) in [5.41, 5.74) is 0.398. The van der Waals surface area contributed by atoms with Crippen LogP contribution in [0.4, 0.5) is 0 Å². The maximum atomic E-state index is 12.6. The molecule has 156 valence electrons. The molecule has 9 nitrogen and oxygen atoms in total. The van der Waals surface area contributed by atoms with Crippen LogP contribution >= 0.6 is 0 Å². The van der Waals surface area contributed by atoms with E-state index in [-0.39, 0.29) is 51.2 Å². The highest BCUT2D eigenvalue weighted by Crippen LogP contribution is 2.21. The molecule has 2 aliphatic heterocycles. The van der Waals surface area contributed by atoms with Gasteiger partial charge in [0.15, 0.2) is 0 Å². The molecule has 2 N–H and O–H groups in total. The van der Waals surface area contributed by atoms with E-state index in [0.29, 0.717) is 12.1 Å². The first-order valence-electron chi connectivity index (χ1n) is 11.2. The highest BCUT2D eigenvalue weighted by molar-refractivity contribution is 5.83. The Morgan fingerprint density at radius 3 is 2.68 bits per heavy atom. The molecule has 0 aromatic rings. The second-order valence-electron chi connectivity index (χ2n) is 6.70. The number of carbonyl (C=O) groups excluding carboxylic acids is 4. The fraction of sp³-hybridized carbons (Fsp3) is 0.684. The molecule has 3 amide bonds. The van der Waals surface area contributed by atoms with Gasteiger partial charge in [0.2, 0.25) is 11.8 Å². The van der Waals surface area contributed by atoms with Crippen molar-refractivity contribution >= 4 is 23.7 Å². The fourth-order valence-corrected chi connectivity index (χ4v) is 2.80. The second kappa shape index (κ2) is 10.2. The van der Waals surface area contributed by atoms with Crippen molar-refractivity contribution in [2.75, 3.05) is 19.6 Å². The average Bonchev–Trinajstić information content (AvgIpc) is 3.11. The molecular formula is C19H30N4O5. The summed E-state index contributed by atoms with van der Waals surface area (Å²) < 4.78 is 32.8. The van der Waals surface area contributed by atoms with E-state index in [1.54, 1.807) is 0 Å². The van der Waals surface area contributed by atoms with E-state index >= 15 is 0 Å². The summed E-state index contributed by atoms with van der Waals surface area (Å²) in [5.74, 6) is -2.43. The van der Waals surface area contributed by atoms with Crippen molar-refractivity contribution in [2.24, 2.45) is 0 Å². The predicted octanol–water partition coefficient (Wildman–Crippen LogP) is 0.466. The van der Waals surface area contributed by atoms with Gasteiger partial charge >= 0.3 is 5.97 Å². The van der Waals surface area contributed by atoms with E-state index in [2.05, 4.69) is 17.2 Å². The highest BCUT2D eigenvalue weighted by atomic mass is 16.7. The van der Waals surface area contributed by atoms with Crippen LogP contribution < -0.4 is 10.6 Å². The summed E-state index contributed by atoms with van der Waals surface area (Å²) in [7, 11) is 0. The van der Waals surface area contributed by atoms with E-state index in [0.717, 1.165) is 5.06 Å². The van der Waals surface area contributed by atoms with Crippen molar-refractivity contribution in [3.63, 3.8) is 0 Å². The number of nitrogens with one attached hydrogen (secondary N) is 2. The third-order valence-electron chi connectivity index (χ3n) is 4.28. The summed E-state index contributed by atoms with van der Waals surface area (Å²) in [4.78, 5) is 54.0. The van der Waals surface area contributed by atoms with Crippen molar-refractivity contribution in [1.29, 1.82) is 0 Å². The Morgan fingerprint density at radius 2 is 2.04 bits per heavy atom. The van der Waals surface area contributed by atoms with Gasteiger partial charge in [0.25, 0.3) is 5.91 Å². The van der Waals surface area contributed by atoms with E-state index in [1.807, 2.05) is 0 Å². The van der Waals surface area contributed by atoms with Gasteiger partial charge in [-0.25, -0.2) is 4.79 Å². The van der Waals surface area contributed by atoms with Gasteiger partial charge in [0.05, 0.1) is 19.5 Å². The maximum absolute atomic E-state index is 12.6. The molecule has 0 aliphatic carbocycles. The number of allylic oxidation sites excluding steroid dienone is 1. The van der Waals surface area contributed by atoms with Crippen molar-refractivity contribution in [3.05, 3.63) is 12.3 Å². The second-order valence-corrected chi connectivity index (χ2v) is 6.70. The van der Waals surface area contributed by atoms with Gasteiger partial charge in [0.1, 0.15) is 0 Å². The smallest absolute Gasteiger partial charge is 0.334 e. The van der Waals surface area contributed by atoms with E-state index < -0.39 is 36.2 Å². The number of likely N-dealkylation sites (tertiary alicyclic amines) is 1. The van der Waals surface area contributed by atoms with Crippen LogP contribution in [0.25, 0.3) is 0 Å². The van der Waals surface area contributed by atoms with E-state index in [1.165, 1.54) is 18.7 Å². The molecule has 0 saturated carbocycles. The first-order valence-corrected chi connectivity index (χ1v) is 9.24. The number of hydrogen-bond donors (Lipinski definition) is 2. The molecule has 0 aromatic heterocycles. The lowest BCUT2D eigenvalue weighted by Crippen LogP contribution is -2.46. The molecule has 9 heteroatoms. The van der Waals surface area contributed by atoms with Crippen molar-refractivity contribution in [2.45, 2.75) is 64.4 Å². The number of hydroxylamine groups is 2. The van der Waals surface area contributed by atoms with Gasteiger partial charge in [-0.3, -0.25) is 19.3 Å². The first kappa shape index (κ1) is 16.5. The van der Waals surface area contributed by atoms with Gasteiger partial charge < -0.3 is 15.5 Å². The SMILES string of the molecule is [2H]C(C)(C)N1CCC([2H])([2H])C1([2H])C(=O)NCCC(=O)NCCC(=O)ON1C(=C)CCC1=O. The third-order valence-corrected chi connectivity index (χ3v) is 4.28. The van der Waals surface area contributed by atoms with E-state index in [9.17, 15) is 19.2 Å². The zero-order chi connectivity index (χ0) is 24.3. The molecule has 2 rings (SSSR count). The monoisotopic (exact) mass is 398 g/mol. The zero-order valence-electron chi connectivity index (χ0n) is 20.3. The van der Waals surface area contributed by atoms with Gasteiger partial charge in [-0.05, 0) is 39.6 Å². The fourth-order valence-electron chi connectivity index (χ4n) is 2.80. The molecule has 0 radical (unpaired) electrons. The van der Waals surface area contributed by atoms with Crippen LogP contribution in [0.15, 0.2) is 12.3 Å². The molecule has 0 bridgehead atoms. The number of nitrogens with zero attached hydrogens (tertiary/aromatic N) is 2. The van der Waals surface area contributed by atoms with Crippen LogP contribution in [0.5, 0.6) is 0 Å². The summed E-state index contributed by atoms with van der Waals surface area (Å²) in [6.45, 7) is 6.52. The molecule has 1 unspecified atom stereocenters. The Balaban J connectivity index is 1.75. The Kier molecular flexibility index (Phi) is 6.03. The minimum Gasteiger partial charge on any atom is -0.355 e. The van der Waals surface area contributed by atoms with Crippen molar-refractivity contribution < 1.29 is 29.5 Å². The van der Waals surface area contributed by atoms with Crippen molar-refractivity contribution in [3.8, 4) is 0 Å². The Morgan fingerprint density at radius 1 is 1.32 bits per heavy atom. The largest absolute Gasteiger partial charge is 0.355 e. The summed E-state index contributed by atoms with van der Waals surface area (Å²) >= 11 is 0. The normalized spacial score (nSPS) is 26.9. The summed E-state index contributed by atoms with van der Waals surface area (Å²) in [5, 5.41) is 5.76. The first-order chi connectivity index (χ1) is 14.7. The summed E-state index contributed by atoms with van der Waals surface area (Å²) in [6, 6.07) is -3.61. The molecule has 0 aromatic carbocycles. The lowest BCUT2D eigenvalue weighted by molar-refractivity contribution is -0.186.